The summed E-state index contributed by atoms with van der Waals surface area (Å²) in [6.45, 7) is 2.39. The Morgan fingerprint density at radius 3 is 3.00 bits per heavy atom. The van der Waals surface area contributed by atoms with Crippen LogP contribution in [0.15, 0.2) is 18.2 Å². The summed E-state index contributed by atoms with van der Waals surface area (Å²) in [5, 5.41) is 10.5. The fourth-order valence-electron chi connectivity index (χ4n) is 2.49. The van der Waals surface area contributed by atoms with E-state index in [0.29, 0.717) is 13.0 Å². The third-order valence-electron chi connectivity index (χ3n) is 3.41. The number of nitrogens with two attached hydrogens (primary N) is 1. The highest BCUT2D eigenvalue weighted by Crippen LogP contribution is 2.43. The van der Waals surface area contributed by atoms with Crippen molar-refractivity contribution >= 4 is 0 Å². The molecule has 82 valence electrons. The van der Waals surface area contributed by atoms with Crippen LogP contribution in [-0.2, 0) is 12.0 Å². The lowest BCUT2D eigenvalue weighted by atomic mass is 9.85. The number of hydrogen-bond donors (Lipinski definition) is 2. The first-order valence-corrected chi connectivity index (χ1v) is 5.29. The molecule has 3 heteroatoms. The zero-order valence-electron chi connectivity index (χ0n) is 8.83. The van der Waals surface area contributed by atoms with Gasteiger partial charge in [-0.1, -0.05) is 13.0 Å². The average Bonchev–Trinajstić information content (AvgIpc) is 2.42. The molecule has 0 amide bonds. The van der Waals surface area contributed by atoms with Gasteiger partial charge in [-0.15, -0.1) is 0 Å². The zero-order chi connectivity index (χ0) is 11.1. The highest BCUT2D eigenvalue weighted by Gasteiger charge is 2.42. The molecule has 0 saturated heterocycles. The summed E-state index contributed by atoms with van der Waals surface area (Å²) in [6.07, 6.45) is 1.29. The van der Waals surface area contributed by atoms with Gasteiger partial charge in [0.05, 0.1) is 5.60 Å². The molecule has 1 aliphatic carbocycles. The summed E-state index contributed by atoms with van der Waals surface area (Å²) in [5.41, 5.74) is 6.32. The van der Waals surface area contributed by atoms with E-state index in [4.69, 9.17) is 5.73 Å². The Balaban J connectivity index is 2.47. The average molecular weight is 209 g/mol. The van der Waals surface area contributed by atoms with E-state index >= 15 is 0 Å². The van der Waals surface area contributed by atoms with Crippen molar-refractivity contribution in [2.45, 2.75) is 25.4 Å². The van der Waals surface area contributed by atoms with Gasteiger partial charge >= 0.3 is 0 Å². The van der Waals surface area contributed by atoms with Gasteiger partial charge in [-0.3, -0.25) is 0 Å². The van der Waals surface area contributed by atoms with Crippen molar-refractivity contribution in [1.29, 1.82) is 0 Å². The smallest absolute Gasteiger partial charge is 0.123 e. The van der Waals surface area contributed by atoms with Gasteiger partial charge in [-0.05, 0) is 48.6 Å². The number of hydrogen-bond acceptors (Lipinski definition) is 2. The Bertz CT molecular complexity index is 380. The van der Waals surface area contributed by atoms with Crippen molar-refractivity contribution in [3.8, 4) is 0 Å². The van der Waals surface area contributed by atoms with Crippen molar-refractivity contribution in [1.82, 2.24) is 0 Å². The summed E-state index contributed by atoms with van der Waals surface area (Å²) >= 11 is 0. The summed E-state index contributed by atoms with van der Waals surface area (Å²) in [6, 6.07) is 4.64. The van der Waals surface area contributed by atoms with Crippen molar-refractivity contribution in [2.24, 2.45) is 11.7 Å². The predicted molar refractivity (Wildman–Crippen MR) is 56.8 cm³/mol. The molecule has 0 spiro atoms. The molecule has 0 aliphatic heterocycles. The molecule has 0 radical (unpaired) electrons. The van der Waals surface area contributed by atoms with Crippen LogP contribution in [0, 0.1) is 11.7 Å². The second-order valence-electron chi connectivity index (χ2n) is 4.37. The number of halogens is 1. The van der Waals surface area contributed by atoms with Crippen LogP contribution in [-0.4, -0.2) is 11.7 Å². The molecular weight excluding hydrogens is 193 g/mol. The maximum atomic E-state index is 13.1. The topological polar surface area (TPSA) is 46.2 Å². The maximum Gasteiger partial charge on any atom is 0.123 e. The van der Waals surface area contributed by atoms with Crippen LogP contribution in [0.4, 0.5) is 4.39 Å². The fourth-order valence-corrected chi connectivity index (χ4v) is 2.49. The predicted octanol–water partition coefficient (Wildman–Crippen LogP) is 1.55. The Hall–Kier alpha value is -0.930. The summed E-state index contributed by atoms with van der Waals surface area (Å²) < 4.78 is 13.1. The molecule has 2 atom stereocenters. The van der Waals surface area contributed by atoms with E-state index in [1.165, 1.54) is 12.1 Å². The number of benzene rings is 1. The first kappa shape index (κ1) is 10.6. The molecular formula is C12H16FNO. The van der Waals surface area contributed by atoms with Gasteiger partial charge in [-0.25, -0.2) is 4.39 Å². The minimum Gasteiger partial charge on any atom is -0.385 e. The number of aliphatic hydroxyl groups is 1. The second-order valence-corrected chi connectivity index (χ2v) is 4.37. The molecule has 15 heavy (non-hydrogen) atoms. The molecule has 2 nitrogen and oxygen atoms in total. The standard InChI is InChI=1S/C12H16FNO/c1-8-6-9-2-3-10(13)7-11(9)12(8,15)4-5-14/h2-3,7-8,15H,4-6,14H2,1H3. The lowest BCUT2D eigenvalue weighted by Gasteiger charge is -2.28. The lowest BCUT2D eigenvalue weighted by molar-refractivity contribution is -0.0103. The normalized spacial score (nSPS) is 29.2. The van der Waals surface area contributed by atoms with Crippen molar-refractivity contribution in [3.63, 3.8) is 0 Å². The second kappa shape index (κ2) is 3.58. The van der Waals surface area contributed by atoms with Crippen LogP contribution in [0.1, 0.15) is 24.5 Å². The minimum absolute atomic E-state index is 0.109. The maximum absolute atomic E-state index is 13.1. The van der Waals surface area contributed by atoms with Crippen LogP contribution in [0.5, 0.6) is 0 Å². The third-order valence-corrected chi connectivity index (χ3v) is 3.41. The van der Waals surface area contributed by atoms with E-state index in [1.807, 2.05) is 6.92 Å². The molecule has 0 heterocycles. The van der Waals surface area contributed by atoms with Crippen LogP contribution in [0.2, 0.25) is 0 Å². The summed E-state index contributed by atoms with van der Waals surface area (Å²) in [7, 11) is 0. The van der Waals surface area contributed by atoms with E-state index in [9.17, 15) is 9.50 Å². The van der Waals surface area contributed by atoms with Gasteiger partial charge < -0.3 is 10.8 Å². The summed E-state index contributed by atoms with van der Waals surface area (Å²) in [5.74, 6) is -0.184. The quantitative estimate of drug-likeness (QED) is 0.776. The van der Waals surface area contributed by atoms with Crippen molar-refractivity contribution in [2.75, 3.05) is 6.54 Å². The molecule has 0 aromatic heterocycles. The highest BCUT2D eigenvalue weighted by molar-refractivity contribution is 5.38. The lowest BCUT2D eigenvalue weighted by Crippen LogP contribution is -2.32. The number of rotatable bonds is 2. The Morgan fingerprint density at radius 2 is 2.33 bits per heavy atom. The van der Waals surface area contributed by atoms with Gasteiger partial charge in [0.15, 0.2) is 0 Å². The van der Waals surface area contributed by atoms with Crippen LogP contribution in [0.3, 0.4) is 0 Å². The zero-order valence-corrected chi connectivity index (χ0v) is 8.83. The molecule has 0 fully saturated rings. The molecule has 1 aromatic carbocycles. The van der Waals surface area contributed by atoms with Gasteiger partial charge in [-0.2, -0.15) is 0 Å². The molecule has 2 rings (SSSR count). The first-order valence-electron chi connectivity index (χ1n) is 5.29. The molecule has 1 aliphatic rings. The highest BCUT2D eigenvalue weighted by atomic mass is 19.1. The van der Waals surface area contributed by atoms with Crippen LogP contribution < -0.4 is 5.73 Å². The molecule has 1 aromatic rings. The van der Waals surface area contributed by atoms with E-state index in [2.05, 4.69) is 0 Å². The minimum atomic E-state index is -0.938. The van der Waals surface area contributed by atoms with Gasteiger partial charge in [0, 0.05) is 0 Å². The van der Waals surface area contributed by atoms with Gasteiger partial charge in [0.25, 0.3) is 0 Å². The van der Waals surface area contributed by atoms with E-state index in [1.54, 1.807) is 6.07 Å². The molecule has 3 N–H and O–H groups in total. The Labute approximate surface area is 88.9 Å². The largest absolute Gasteiger partial charge is 0.385 e. The third kappa shape index (κ3) is 1.56. The first-order chi connectivity index (χ1) is 7.08. The Morgan fingerprint density at radius 1 is 1.60 bits per heavy atom. The van der Waals surface area contributed by atoms with Crippen molar-refractivity contribution < 1.29 is 9.50 Å². The van der Waals surface area contributed by atoms with Gasteiger partial charge in [0.1, 0.15) is 5.82 Å². The van der Waals surface area contributed by atoms with Crippen LogP contribution in [0.25, 0.3) is 0 Å². The molecule has 2 unspecified atom stereocenters. The van der Waals surface area contributed by atoms with E-state index in [-0.39, 0.29) is 11.7 Å². The molecule has 0 bridgehead atoms. The summed E-state index contributed by atoms with van der Waals surface area (Å²) in [4.78, 5) is 0. The Kier molecular flexibility index (Phi) is 2.52. The van der Waals surface area contributed by atoms with Crippen molar-refractivity contribution in [3.05, 3.63) is 35.1 Å². The molecule has 0 saturated carbocycles. The van der Waals surface area contributed by atoms with E-state index in [0.717, 1.165) is 17.5 Å². The SMILES string of the molecule is CC1Cc2ccc(F)cc2C1(O)CCN. The monoisotopic (exact) mass is 209 g/mol. The van der Waals surface area contributed by atoms with Crippen LogP contribution >= 0.6 is 0 Å². The number of fused-ring (bicyclic) bond motifs is 1. The van der Waals surface area contributed by atoms with Gasteiger partial charge in [0.2, 0.25) is 0 Å². The van der Waals surface area contributed by atoms with E-state index < -0.39 is 5.60 Å². The fraction of sp³-hybridized carbons (Fsp3) is 0.500.